The molecule has 0 aliphatic rings. The summed E-state index contributed by atoms with van der Waals surface area (Å²) < 4.78 is 28.1. The van der Waals surface area contributed by atoms with Gasteiger partial charge in [0.25, 0.3) is 10.1 Å². The molecular formula is C10H11NO3S. The van der Waals surface area contributed by atoms with Crippen LogP contribution in [0.4, 0.5) is 0 Å². The summed E-state index contributed by atoms with van der Waals surface area (Å²) in [6, 6.07) is 7.20. The maximum atomic E-state index is 11.7. The zero-order valence-electron chi connectivity index (χ0n) is 8.23. The monoisotopic (exact) mass is 225 g/mol. The van der Waals surface area contributed by atoms with Gasteiger partial charge in [0, 0.05) is 17.1 Å². The summed E-state index contributed by atoms with van der Waals surface area (Å²) in [7, 11) is -3.62. The normalized spacial score (nSPS) is 12.1. The molecule has 0 bridgehead atoms. The van der Waals surface area contributed by atoms with Gasteiger partial charge in [-0.15, -0.1) is 0 Å². The molecule has 5 heteroatoms. The molecule has 80 valence electrons. The van der Waals surface area contributed by atoms with Gasteiger partial charge in [-0.25, -0.2) is 0 Å². The zero-order chi connectivity index (χ0) is 10.9. The van der Waals surface area contributed by atoms with Crippen molar-refractivity contribution in [3.05, 3.63) is 30.5 Å². The molecule has 0 aliphatic heterocycles. The molecule has 0 fully saturated rings. The van der Waals surface area contributed by atoms with Crippen LogP contribution in [0.1, 0.15) is 6.92 Å². The van der Waals surface area contributed by atoms with Crippen LogP contribution in [0.2, 0.25) is 0 Å². The molecular weight excluding hydrogens is 214 g/mol. The highest BCUT2D eigenvalue weighted by Crippen LogP contribution is 2.23. The predicted molar refractivity (Wildman–Crippen MR) is 57.1 cm³/mol. The number of aromatic amines is 1. The third-order valence-corrected chi connectivity index (χ3v) is 3.52. The smallest absolute Gasteiger partial charge is 0.299 e. The van der Waals surface area contributed by atoms with Gasteiger partial charge in [0.05, 0.1) is 6.61 Å². The quantitative estimate of drug-likeness (QED) is 0.811. The van der Waals surface area contributed by atoms with E-state index in [4.69, 9.17) is 4.18 Å². The highest BCUT2D eigenvalue weighted by atomic mass is 32.2. The van der Waals surface area contributed by atoms with E-state index in [-0.39, 0.29) is 11.5 Å². The van der Waals surface area contributed by atoms with E-state index < -0.39 is 10.1 Å². The lowest BCUT2D eigenvalue weighted by molar-refractivity contribution is 0.338. The summed E-state index contributed by atoms with van der Waals surface area (Å²) in [5.74, 6) is 0. The molecule has 0 unspecified atom stereocenters. The van der Waals surface area contributed by atoms with Gasteiger partial charge < -0.3 is 4.98 Å². The Labute approximate surface area is 88.0 Å². The predicted octanol–water partition coefficient (Wildman–Crippen LogP) is 1.89. The molecule has 0 spiro atoms. The molecule has 0 radical (unpaired) electrons. The first-order valence-corrected chi connectivity index (χ1v) is 6.01. The average molecular weight is 225 g/mol. The van der Waals surface area contributed by atoms with Gasteiger partial charge in [0.1, 0.15) is 4.90 Å². The molecule has 0 saturated carbocycles. The van der Waals surface area contributed by atoms with Crippen LogP contribution in [0.25, 0.3) is 10.9 Å². The number of aromatic nitrogens is 1. The molecule has 2 rings (SSSR count). The first kappa shape index (κ1) is 10.2. The minimum Gasteiger partial charge on any atom is -0.360 e. The first-order chi connectivity index (χ1) is 7.15. The Hall–Kier alpha value is -1.33. The fourth-order valence-corrected chi connectivity index (χ4v) is 2.56. The minimum absolute atomic E-state index is 0.141. The fourth-order valence-electron chi connectivity index (χ4n) is 1.47. The number of fused-ring (bicyclic) bond motifs is 1. The van der Waals surface area contributed by atoms with Crippen molar-refractivity contribution in [2.75, 3.05) is 6.61 Å². The Balaban J connectivity index is 2.63. The molecule has 2 aromatic rings. The van der Waals surface area contributed by atoms with Crippen LogP contribution in [0, 0.1) is 0 Å². The number of nitrogens with one attached hydrogen (secondary N) is 1. The van der Waals surface area contributed by atoms with E-state index in [1.807, 2.05) is 12.1 Å². The van der Waals surface area contributed by atoms with Crippen molar-refractivity contribution in [2.45, 2.75) is 11.8 Å². The summed E-state index contributed by atoms with van der Waals surface area (Å²) in [6.45, 7) is 1.79. The van der Waals surface area contributed by atoms with Gasteiger partial charge >= 0.3 is 0 Å². The van der Waals surface area contributed by atoms with E-state index in [1.165, 1.54) is 6.20 Å². The molecule has 15 heavy (non-hydrogen) atoms. The maximum absolute atomic E-state index is 11.7. The van der Waals surface area contributed by atoms with Crippen molar-refractivity contribution in [1.82, 2.24) is 4.98 Å². The van der Waals surface area contributed by atoms with Crippen molar-refractivity contribution in [3.63, 3.8) is 0 Å². The Bertz CT molecular complexity index is 571. The number of H-pyrrole nitrogens is 1. The van der Waals surface area contributed by atoms with E-state index in [2.05, 4.69) is 4.98 Å². The van der Waals surface area contributed by atoms with Crippen molar-refractivity contribution >= 4 is 21.0 Å². The molecule has 4 nitrogen and oxygen atoms in total. The van der Waals surface area contributed by atoms with Crippen LogP contribution in [-0.4, -0.2) is 20.0 Å². The SMILES string of the molecule is CCOS(=O)(=O)c1c[nH]c2ccccc12. The third-order valence-electron chi connectivity index (χ3n) is 2.09. The molecule has 1 aromatic carbocycles. The Morgan fingerprint density at radius 1 is 1.33 bits per heavy atom. The lowest BCUT2D eigenvalue weighted by Crippen LogP contribution is -2.04. The van der Waals surface area contributed by atoms with Crippen LogP contribution in [0.5, 0.6) is 0 Å². The summed E-state index contributed by atoms with van der Waals surface area (Å²) in [4.78, 5) is 3.09. The van der Waals surface area contributed by atoms with E-state index in [0.29, 0.717) is 5.39 Å². The van der Waals surface area contributed by atoms with Crippen LogP contribution in [0.3, 0.4) is 0 Å². The Morgan fingerprint density at radius 3 is 2.80 bits per heavy atom. The number of rotatable bonds is 3. The Morgan fingerprint density at radius 2 is 2.07 bits per heavy atom. The summed E-state index contributed by atoms with van der Waals surface area (Å²) in [5.41, 5.74) is 0.788. The van der Waals surface area contributed by atoms with Crippen LogP contribution >= 0.6 is 0 Å². The topological polar surface area (TPSA) is 59.2 Å². The van der Waals surface area contributed by atoms with Gasteiger partial charge in [-0.2, -0.15) is 8.42 Å². The lowest BCUT2D eigenvalue weighted by atomic mass is 10.2. The average Bonchev–Trinajstić information content (AvgIpc) is 2.61. The molecule has 0 amide bonds. The van der Waals surface area contributed by atoms with Crippen molar-refractivity contribution < 1.29 is 12.6 Å². The van der Waals surface area contributed by atoms with Gasteiger partial charge in [0.15, 0.2) is 0 Å². The summed E-state index contributed by atoms with van der Waals surface area (Å²) in [5, 5.41) is 0.658. The lowest BCUT2D eigenvalue weighted by Gasteiger charge is -2.00. The molecule has 0 aliphatic carbocycles. The van der Waals surface area contributed by atoms with E-state index in [9.17, 15) is 8.42 Å². The van der Waals surface area contributed by atoms with E-state index >= 15 is 0 Å². The zero-order valence-corrected chi connectivity index (χ0v) is 9.04. The molecule has 0 atom stereocenters. The minimum atomic E-state index is -3.62. The van der Waals surface area contributed by atoms with Gasteiger partial charge in [-0.05, 0) is 13.0 Å². The fraction of sp³-hybridized carbons (Fsp3) is 0.200. The van der Waals surface area contributed by atoms with Crippen LogP contribution < -0.4 is 0 Å². The highest BCUT2D eigenvalue weighted by molar-refractivity contribution is 7.87. The number of benzene rings is 1. The molecule has 1 N–H and O–H groups in total. The van der Waals surface area contributed by atoms with Gasteiger partial charge in [0.2, 0.25) is 0 Å². The highest BCUT2D eigenvalue weighted by Gasteiger charge is 2.18. The third kappa shape index (κ3) is 1.75. The molecule has 1 heterocycles. The molecule has 1 aromatic heterocycles. The Kier molecular flexibility index (Phi) is 2.50. The van der Waals surface area contributed by atoms with Crippen molar-refractivity contribution in [3.8, 4) is 0 Å². The second-order valence-corrected chi connectivity index (χ2v) is 4.64. The van der Waals surface area contributed by atoms with Crippen LogP contribution in [-0.2, 0) is 14.3 Å². The first-order valence-electron chi connectivity index (χ1n) is 4.60. The standard InChI is InChI=1S/C10H11NO3S/c1-2-14-15(12,13)10-7-11-9-6-4-3-5-8(9)10/h3-7,11H,2H2,1H3. The number of para-hydroxylation sites is 1. The summed E-state index contributed by atoms with van der Waals surface area (Å²) >= 11 is 0. The summed E-state index contributed by atoms with van der Waals surface area (Å²) in [6.07, 6.45) is 1.45. The second-order valence-electron chi connectivity index (χ2n) is 3.06. The largest absolute Gasteiger partial charge is 0.360 e. The number of hydrogen-bond donors (Lipinski definition) is 1. The maximum Gasteiger partial charge on any atom is 0.299 e. The van der Waals surface area contributed by atoms with Crippen molar-refractivity contribution in [2.24, 2.45) is 0 Å². The van der Waals surface area contributed by atoms with Gasteiger partial charge in [-0.1, -0.05) is 18.2 Å². The van der Waals surface area contributed by atoms with E-state index in [0.717, 1.165) is 5.52 Å². The molecule has 0 saturated heterocycles. The van der Waals surface area contributed by atoms with Gasteiger partial charge in [-0.3, -0.25) is 4.18 Å². The van der Waals surface area contributed by atoms with Crippen molar-refractivity contribution in [1.29, 1.82) is 0 Å². The number of hydrogen-bond acceptors (Lipinski definition) is 3. The van der Waals surface area contributed by atoms with Crippen LogP contribution in [0.15, 0.2) is 35.4 Å². The second kappa shape index (κ2) is 3.67. The van der Waals surface area contributed by atoms with E-state index in [1.54, 1.807) is 19.1 Å².